The average Bonchev–Trinajstić information content (AvgIpc) is 2.64. The predicted molar refractivity (Wildman–Crippen MR) is 106 cm³/mol. The van der Waals surface area contributed by atoms with Crippen molar-refractivity contribution in [2.24, 2.45) is 0 Å². The zero-order valence-electron chi connectivity index (χ0n) is 15.1. The summed E-state index contributed by atoms with van der Waals surface area (Å²) >= 11 is 0. The summed E-state index contributed by atoms with van der Waals surface area (Å²) in [6, 6.07) is 27.2. The third-order valence-electron chi connectivity index (χ3n) is 4.38. The van der Waals surface area contributed by atoms with Gasteiger partial charge in [-0.3, -0.25) is 0 Å². The van der Waals surface area contributed by atoms with E-state index in [4.69, 9.17) is 4.74 Å². The molecule has 0 N–H and O–H groups in total. The Kier molecular flexibility index (Phi) is 5.39. The number of aryl methyl sites for hydroxylation is 1. The van der Waals surface area contributed by atoms with E-state index in [9.17, 15) is 0 Å². The third kappa shape index (κ3) is 4.21. The molecular weight excluding hydrogens is 306 g/mol. The van der Waals surface area contributed by atoms with Gasteiger partial charge >= 0.3 is 0 Å². The molecule has 3 aromatic carbocycles. The van der Waals surface area contributed by atoms with Crippen molar-refractivity contribution < 1.29 is 4.74 Å². The van der Waals surface area contributed by atoms with Gasteiger partial charge in [-0.15, -0.1) is 0 Å². The van der Waals surface area contributed by atoms with Crippen molar-refractivity contribution >= 4 is 5.69 Å². The molecule has 0 aromatic heterocycles. The molecule has 0 aliphatic heterocycles. The maximum absolute atomic E-state index is 6.18. The molecule has 1 unspecified atom stereocenters. The third-order valence-corrected chi connectivity index (χ3v) is 4.38. The molecule has 1 atom stereocenters. The van der Waals surface area contributed by atoms with E-state index < -0.39 is 0 Å². The van der Waals surface area contributed by atoms with Crippen LogP contribution in [-0.2, 0) is 0 Å². The first-order valence-corrected chi connectivity index (χ1v) is 8.83. The first-order chi connectivity index (χ1) is 12.2. The zero-order valence-corrected chi connectivity index (χ0v) is 15.1. The molecule has 3 rings (SSSR count). The predicted octanol–water partition coefficient (Wildman–Crippen LogP) is 5.91. The minimum absolute atomic E-state index is 0.0330. The Hall–Kier alpha value is -2.74. The van der Waals surface area contributed by atoms with E-state index in [2.05, 4.69) is 86.3 Å². The van der Waals surface area contributed by atoms with E-state index in [1.54, 1.807) is 0 Å². The fourth-order valence-electron chi connectivity index (χ4n) is 3.07. The van der Waals surface area contributed by atoms with Gasteiger partial charge in [0.1, 0.15) is 5.75 Å². The van der Waals surface area contributed by atoms with Gasteiger partial charge < -0.3 is 9.64 Å². The second kappa shape index (κ2) is 7.89. The quantitative estimate of drug-likeness (QED) is 0.520. The highest BCUT2D eigenvalue weighted by Gasteiger charge is 2.14. The van der Waals surface area contributed by atoms with Crippen LogP contribution in [0.1, 0.15) is 19.4 Å². The lowest BCUT2D eigenvalue weighted by atomic mass is 10.1. The van der Waals surface area contributed by atoms with E-state index in [1.165, 1.54) is 22.4 Å². The molecule has 0 saturated carbocycles. The van der Waals surface area contributed by atoms with Gasteiger partial charge in [0.2, 0.25) is 0 Å². The van der Waals surface area contributed by atoms with E-state index in [1.807, 2.05) is 18.2 Å². The van der Waals surface area contributed by atoms with Crippen molar-refractivity contribution in [3.63, 3.8) is 0 Å². The van der Waals surface area contributed by atoms with Crippen molar-refractivity contribution in [3.8, 4) is 16.9 Å². The molecule has 0 saturated heterocycles. The number of hydrogen-bond acceptors (Lipinski definition) is 2. The minimum atomic E-state index is -0.0330. The first kappa shape index (κ1) is 17.1. The molecule has 3 aromatic rings. The summed E-state index contributed by atoms with van der Waals surface area (Å²) in [5.74, 6) is 0.887. The van der Waals surface area contributed by atoms with Crippen LogP contribution in [0.2, 0.25) is 0 Å². The lowest BCUT2D eigenvalue weighted by molar-refractivity contribution is 0.216. The Morgan fingerprint density at radius 2 is 1.52 bits per heavy atom. The van der Waals surface area contributed by atoms with E-state index >= 15 is 0 Å². The fraction of sp³-hybridized carbons (Fsp3) is 0.217. The van der Waals surface area contributed by atoms with Crippen LogP contribution in [-0.4, -0.2) is 12.8 Å². The molecule has 2 heteroatoms. The van der Waals surface area contributed by atoms with Crippen molar-refractivity contribution in [2.45, 2.75) is 27.0 Å². The highest BCUT2D eigenvalue weighted by atomic mass is 16.5. The maximum atomic E-state index is 6.18. The number of rotatable bonds is 6. The first-order valence-electron chi connectivity index (χ1n) is 8.83. The number of benzene rings is 3. The molecule has 2 nitrogen and oxygen atoms in total. The summed E-state index contributed by atoms with van der Waals surface area (Å²) in [4.78, 5) is 2.26. The molecule has 128 valence electrons. The van der Waals surface area contributed by atoms with Crippen LogP contribution in [0.25, 0.3) is 11.1 Å². The molecule has 0 spiro atoms. The number of hydrogen-bond donors (Lipinski definition) is 0. The maximum Gasteiger partial charge on any atom is 0.169 e. The molecular formula is C23H25NO. The molecule has 0 fully saturated rings. The lowest BCUT2D eigenvalue weighted by Gasteiger charge is -2.30. The fourth-order valence-corrected chi connectivity index (χ4v) is 3.07. The zero-order chi connectivity index (χ0) is 17.6. The second-order valence-corrected chi connectivity index (χ2v) is 6.23. The van der Waals surface area contributed by atoms with Gasteiger partial charge in [0.25, 0.3) is 0 Å². The van der Waals surface area contributed by atoms with E-state index in [0.717, 1.165) is 12.3 Å². The largest absolute Gasteiger partial charge is 0.471 e. The van der Waals surface area contributed by atoms with Crippen LogP contribution in [0, 0.1) is 6.92 Å². The normalized spacial score (nSPS) is 11.8. The summed E-state index contributed by atoms with van der Waals surface area (Å²) in [6.45, 7) is 7.26. The molecule has 25 heavy (non-hydrogen) atoms. The van der Waals surface area contributed by atoms with Crippen LogP contribution in [0.4, 0.5) is 5.69 Å². The highest BCUT2D eigenvalue weighted by Crippen LogP contribution is 2.24. The Morgan fingerprint density at radius 1 is 0.840 bits per heavy atom. The number of anilines is 1. The lowest BCUT2D eigenvalue weighted by Crippen LogP contribution is -2.37. The topological polar surface area (TPSA) is 12.5 Å². The van der Waals surface area contributed by atoms with Gasteiger partial charge in [-0.05, 0) is 61.7 Å². The summed E-state index contributed by atoms with van der Waals surface area (Å²) in [6.07, 6.45) is -0.0330. The van der Waals surface area contributed by atoms with E-state index in [0.29, 0.717) is 0 Å². The molecule has 0 heterocycles. The van der Waals surface area contributed by atoms with Crippen molar-refractivity contribution in [3.05, 3.63) is 84.4 Å². The summed E-state index contributed by atoms with van der Waals surface area (Å²) in [5, 5.41) is 0. The SMILES string of the molecule is CCN(c1cccc(C)c1)C(C)Oc1ccc(-c2ccccc2)cc1. The van der Waals surface area contributed by atoms with Crippen LogP contribution in [0.3, 0.4) is 0 Å². The Balaban J connectivity index is 1.72. The van der Waals surface area contributed by atoms with Crippen molar-refractivity contribution in [1.29, 1.82) is 0 Å². The van der Waals surface area contributed by atoms with Gasteiger partial charge in [-0.1, -0.05) is 54.6 Å². The van der Waals surface area contributed by atoms with Gasteiger partial charge in [-0.2, -0.15) is 0 Å². The van der Waals surface area contributed by atoms with Crippen LogP contribution < -0.4 is 9.64 Å². The van der Waals surface area contributed by atoms with Crippen molar-refractivity contribution in [1.82, 2.24) is 0 Å². The molecule has 0 amide bonds. The monoisotopic (exact) mass is 331 g/mol. The van der Waals surface area contributed by atoms with Crippen LogP contribution >= 0.6 is 0 Å². The van der Waals surface area contributed by atoms with Crippen LogP contribution in [0.15, 0.2) is 78.9 Å². The second-order valence-electron chi connectivity index (χ2n) is 6.23. The number of ether oxygens (including phenoxy) is 1. The molecule has 0 aliphatic carbocycles. The molecule has 0 radical (unpaired) electrons. The van der Waals surface area contributed by atoms with Crippen LogP contribution in [0.5, 0.6) is 5.75 Å². The smallest absolute Gasteiger partial charge is 0.169 e. The minimum Gasteiger partial charge on any atom is -0.471 e. The Morgan fingerprint density at radius 3 is 2.16 bits per heavy atom. The summed E-state index contributed by atoms with van der Waals surface area (Å²) < 4.78 is 6.18. The highest BCUT2D eigenvalue weighted by molar-refractivity contribution is 5.63. The van der Waals surface area contributed by atoms with Gasteiger partial charge in [0.15, 0.2) is 6.23 Å². The van der Waals surface area contributed by atoms with Gasteiger partial charge in [0, 0.05) is 12.2 Å². The molecule has 0 bridgehead atoms. The average molecular weight is 331 g/mol. The van der Waals surface area contributed by atoms with Gasteiger partial charge in [-0.25, -0.2) is 0 Å². The van der Waals surface area contributed by atoms with E-state index in [-0.39, 0.29) is 6.23 Å². The van der Waals surface area contributed by atoms with Gasteiger partial charge in [0.05, 0.1) is 0 Å². The Bertz CT molecular complexity index is 796. The Labute approximate surface area is 150 Å². The number of nitrogens with zero attached hydrogens (tertiary/aromatic N) is 1. The standard InChI is InChI=1S/C23H25NO/c1-4-24(22-12-8-9-18(2)17-22)19(3)25-23-15-13-21(14-16-23)20-10-6-5-7-11-20/h5-17,19H,4H2,1-3H3. The summed E-state index contributed by atoms with van der Waals surface area (Å²) in [5.41, 5.74) is 4.87. The van der Waals surface area contributed by atoms with Crippen molar-refractivity contribution in [2.75, 3.05) is 11.4 Å². The molecule has 0 aliphatic rings. The summed E-state index contributed by atoms with van der Waals surface area (Å²) in [7, 11) is 0.